The van der Waals surface area contributed by atoms with Gasteiger partial charge in [-0.3, -0.25) is 4.79 Å². The average Bonchev–Trinajstić information content (AvgIpc) is 3.53. The molecule has 6 nitrogen and oxygen atoms in total. The summed E-state index contributed by atoms with van der Waals surface area (Å²) in [7, 11) is 0. The highest BCUT2D eigenvalue weighted by Crippen LogP contribution is 2.54. The summed E-state index contributed by atoms with van der Waals surface area (Å²) in [6, 6.07) is 17.9. The maximum atomic E-state index is 13.9. The van der Waals surface area contributed by atoms with E-state index < -0.39 is 17.2 Å². The Morgan fingerprint density at radius 1 is 0.917 bits per heavy atom. The summed E-state index contributed by atoms with van der Waals surface area (Å²) in [5, 5.41) is 20.0. The molecule has 2 N–H and O–H groups in total. The van der Waals surface area contributed by atoms with Crippen molar-refractivity contribution in [1.82, 2.24) is 0 Å². The minimum absolute atomic E-state index is 0.0226. The highest BCUT2D eigenvalue weighted by atomic mass is 19.4. The van der Waals surface area contributed by atoms with Gasteiger partial charge in [0.1, 0.15) is 29.3 Å². The standard InChI is InChI=1S/C27H18F3NO5/c28-27(29,30)17-6-2-1-5-16(17)23-10-9-15(36-23)13-31-20-8-4-3-7-18(20)26(25(31)34)14-35-24-12-22(33)21(32)11-19(24)26/h1-12,32-33H,13-14H2. The lowest BCUT2D eigenvalue weighted by Gasteiger charge is -2.22. The normalized spacial score (nSPS) is 18.4. The largest absolute Gasteiger partial charge is 0.504 e. The molecule has 6 rings (SSSR count). The quantitative estimate of drug-likeness (QED) is 0.363. The molecule has 9 heteroatoms. The molecule has 1 amide bonds. The number of ether oxygens (including phenoxy) is 1. The van der Waals surface area contributed by atoms with Gasteiger partial charge in [0.15, 0.2) is 11.5 Å². The molecule has 1 aromatic heterocycles. The molecule has 0 saturated heterocycles. The summed E-state index contributed by atoms with van der Waals surface area (Å²) in [6.45, 7) is -0.0505. The van der Waals surface area contributed by atoms with Gasteiger partial charge in [-0.25, -0.2) is 0 Å². The maximum absolute atomic E-state index is 13.9. The van der Waals surface area contributed by atoms with Crippen LogP contribution in [0.25, 0.3) is 11.3 Å². The van der Waals surface area contributed by atoms with E-state index in [1.165, 1.54) is 41.3 Å². The first kappa shape index (κ1) is 22.1. The number of aromatic hydroxyl groups is 2. The van der Waals surface area contributed by atoms with Gasteiger partial charge in [0.25, 0.3) is 0 Å². The smallest absolute Gasteiger partial charge is 0.417 e. The van der Waals surface area contributed by atoms with Crippen LogP contribution in [0.15, 0.2) is 77.2 Å². The minimum Gasteiger partial charge on any atom is -0.504 e. The molecular formula is C27H18F3NO5. The van der Waals surface area contributed by atoms with Crippen LogP contribution in [-0.4, -0.2) is 22.7 Å². The SMILES string of the molecule is O=C1N(Cc2ccc(-c3ccccc3C(F)(F)F)o2)c2ccccc2C12COc1cc(O)c(O)cc12. The third-order valence-corrected chi connectivity index (χ3v) is 6.72. The second-order valence-corrected chi connectivity index (χ2v) is 8.75. The first-order valence-corrected chi connectivity index (χ1v) is 11.1. The Kier molecular flexibility index (Phi) is 4.63. The number of hydrogen-bond donors (Lipinski definition) is 2. The van der Waals surface area contributed by atoms with Crippen molar-refractivity contribution in [3.05, 3.63) is 95.2 Å². The Balaban J connectivity index is 1.39. The number of halogens is 3. The summed E-state index contributed by atoms with van der Waals surface area (Å²) >= 11 is 0. The highest BCUT2D eigenvalue weighted by molar-refractivity contribution is 6.11. The van der Waals surface area contributed by atoms with E-state index in [4.69, 9.17) is 9.15 Å². The lowest BCUT2D eigenvalue weighted by Crippen LogP contribution is -2.42. The molecule has 1 atom stereocenters. The third kappa shape index (κ3) is 3.08. The van der Waals surface area contributed by atoms with Crippen molar-refractivity contribution in [1.29, 1.82) is 0 Å². The monoisotopic (exact) mass is 493 g/mol. The number of para-hydroxylation sites is 1. The summed E-state index contributed by atoms with van der Waals surface area (Å²) in [4.78, 5) is 15.4. The molecule has 0 bridgehead atoms. The van der Waals surface area contributed by atoms with E-state index in [1.54, 1.807) is 30.3 Å². The number of carbonyl (C=O) groups excluding carboxylic acids is 1. The fraction of sp³-hybridized carbons (Fsp3) is 0.148. The first-order valence-electron chi connectivity index (χ1n) is 11.1. The zero-order valence-corrected chi connectivity index (χ0v) is 18.5. The molecule has 182 valence electrons. The predicted octanol–water partition coefficient (Wildman–Crippen LogP) is 5.60. The second kappa shape index (κ2) is 7.55. The molecule has 4 aromatic rings. The van der Waals surface area contributed by atoms with E-state index in [-0.39, 0.29) is 41.9 Å². The Bertz CT molecular complexity index is 1530. The molecule has 1 spiro atoms. The Morgan fingerprint density at radius 3 is 2.44 bits per heavy atom. The van der Waals surface area contributed by atoms with Crippen LogP contribution >= 0.6 is 0 Å². The minimum atomic E-state index is -4.55. The molecule has 1 unspecified atom stereocenters. The van der Waals surface area contributed by atoms with Gasteiger partial charge in [-0.2, -0.15) is 13.2 Å². The average molecular weight is 493 g/mol. The number of benzene rings is 3. The molecule has 2 aliphatic heterocycles. The van der Waals surface area contributed by atoms with Gasteiger partial charge in [0.2, 0.25) is 5.91 Å². The lowest BCUT2D eigenvalue weighted by atomic mass is 9.77. The van der Waals surface area contributed by atoms with Crippen LogP contribution in [0.3, 0.4) is 0 Å². The van der Waals surface area contributed by atoms with Gasteiger partial charge in [-0.15, -0.1) is 0 Å². The number of anilines is 1. The third-order valence-electron chi connectivity index (χ3n) is 6.72. The number of carbonyl (C=O) groups is 1. The fourth-order valence-corrected chi connectivity index (χ4v) is 5.06. The number of furan rings is 1. The maximum Gasteiger partial charge on any atom is 0.417 e. The summed E-state index contributed by atoms with van der Waals surface area (Å²) in [6.07, 6.45) is -4.55. The number of hydrogen-bond acceptors (Lipinski definition) is 5. The van der Waals surface area contributed by atoms with Gasteiger partial charge in [0, 0.05) is 22.9 Å². The van der Waals surface area contributed by atoms with Crippen LogP contribution in [-0.2, 0) is 22.9 Å². The first-order chi connectivity index (χ1) is 17.2. The molecule has 0 saturated carbocycles. The second-order valence-electron chi connectivity index (χ2n) is 8.75. The number of phenols is 2. The van der Waals surface area contributed by atoms with Crippen molar-refractivity contribution in [2.45, 2.75) is 18.1 Å². The molecule has 36 heavy (non-hydrogen) atoms. The molecule has 3 heterocycles. The summed E-state index contributed by atoms with van der Waals surface area (Å²) < 4.78 is 52.0. The van der Waals surface area contributed by atoms with E-state index >= 15 is 0 Å². The fourth-order valence-electron chi connectivity index (χ4n) is 5.06. The predicted molar refractivity (Wildman–Crippen MR) is 123 cm³/mol. The van der Waals surface area contributed by atoms with E-state index in [9.17, 15) is 28.2 Å². The Hall–Kier alpha value is -4.40. The number of nitrogens with zero attached hydrogens (tertiary/aromatic N) is 1. The van der Waals surface area contributed by atoms with E-state index in [1.807, 2.05) is 0 Å². The van der Waals surface area contributed by atoms with E-state index in [0.717, 1.165) is 6.07 Å². The van der Waals surface area contributed by atoms with Crippen LogP contribution < -0.4 is 9.64 Å². The number of fused-ring (bicyclic) bond motifs is 4. The van der Waals surface area contributed by atoms with Crippen molar-refractivity contribution in [3.63, 3.8) is 0 Å². The number of amides is 1. The van der Waals surface area contributed by atoms with Crippen molar-refractivity contribution in [3.8, 4) is 28.6 Å². The van der Waals surface area contributed by atoms with Crippen LogP contribution in [0, 0.1) is 0 Å². The molecule has 0 radical (unpaired) electrons. The zero-order chi connectivity index (χ0) is 25.2. The summed E-state index contributed by atoms with van der Waals surface area (Å²) in [5.41, 5.74) is -0.454. The van der Waals surface area contributed by atoms with Crippen LogP contribution in [0.5, 0.6) is 17.2 Å². The van der Waals surface area contributed by atoms with Crippen molar-refractivity contribution in [2.75, 3.05) is 11.5 Å². The van der Waals surface area contributed by atoms with Gasteiger partial charge in [0.05, 0.1) is 12.1 Å². The van der Waals surface area contributed by atoms with E-state index in [0.29, 0.717) is 28.3 Å². The number of rotatable bonds is 3. The summed E-state index contributed by atoms with van der Waals surface area (Å²) in [5.74, 6) is -0.428. The number of alkyl halides is 3. The highest BCUT2D eigenvalue weighted by Gasteiger charge is 2.57. The molecule has 0 fully saturated rings. The zero-order valence-electron chi connectivity index (χ0n) is 18.5. The Morgan fingerprint density at radius 2 is 1.64 bits per heavy atom. The number of phenolic OH excluding ortho intramolecular Hbond substituents is 2. The van der Waals surface area contributed by atoms with Crippen LogP contribution in [0.1, 0.15) is 22.5 Å². The van der Waals surface area contributed by atoms with Crippen LogP contribution in [0.4, 0.5) is 18.9 Å². The molecule has 3 aromatic carbocycles. The van der Waals surface area contributed by atoms with E-state index in [2.05, 4.69) is 0 Å². The van der Waals surface area contributed by atoms with Gasteiger partial charge < -0.3 is 24.3 Å². The van der Waals surface area contributed by atoms with Gasteiger partial charge in [-0.05, 0) is 35.9 Å². The van der Waals surface area contributed by atoms with Gasteiger partial charge in [-0.1, -0.05) is 36.4 Å². The van der Waals surface area contributed by atoms with Crippen LogP contribution in [0.2, 0.25) is 0 Å². The van der Waals surface area contributed by atoms with Crippen molar-refractivity contribution < 1.29 is 37.3 Å². The van der Waals surface area contributed by atoms with Crippen molar-refractivity contribution in [2.24, 2.45) is 0 Å². The van der Waals surface area contributed by atoms with Crippen molar-refractivity contribution >= 4 is 11.6 Å². The molecule has 0 aliphatic carbocycles. The Labute approximate surface area is 202 Å². The lowest BCUT2D eigenvalue weighted by molar-refractivity contribution is -0.137. The van der Waals surface area contributed by atoms with Gasteiger partial charge >= 0.3 is 6.18 Å². The molecule has 2 aliphatic rings. The topological polar surface area (TPSA) is 83.1 Å². The molecular weight excluding hydrogens is 475 g/mol.